The Hall–Kier alpha value is -4.76. The zero-order chi connectivity index (χ0) is 28.7. The molecule has 4 aromatic rings. The molecule has 4 aromatic carbocycles. The van der Waals surface area contributed by atoms with Gasteiger partial charge in [0.05, 0.1) is 16.3 Å². The molecular weight excluding hydrogens is 534 g/mol. The van der Waals surface area contributed by atoms with Gasteiger partial charge in [-0.15, -0.1) is 0 Å². The minimum atomic E-state index is -1.26. The molecule has 1 spiro atoms. The van der Waals surface area contributed by atoms with Gasteiger partial charge in [-0.25, -0.2) is 10.0 Å². The molecule has 0 aromatic heterocycles. The van der Waals surface area contributed by atoms with Crippen molar-refractivity contribution in [2.75, 3.05) is 10.0 Å². The number of hydrazone groups is 2. The molecule has 0 bridgehead atoms. The van der Waals surface area contributed by atoms with Crippen LogP contribution in [0.4, 0.5) is 17.1 Å². The van der Waals surface area contributed by atoms with Crippen LogP contribution in [0.5, 0.6) is 0 Å². The van der Waals surface area contributed by atoms with E-state index in [1.165, 1.54) is 30.3 Å². The van der Waals surface area contributed by atoms with Gasteiger partial charge >= 0.3 is 0 Å². The molecule has 41 heavy (non-hydrogen) atoms. The molecule has 204 valence electrons. The second kappa shape index (κ2) is 10.3. The third-order valence-electron chi connectivity index (χ3n) is 7.20. The van der Waals surface area contributed by atoms with Crippen LogP contribution in [0, 0.1) is 10.1 Å². The van der Waals surface area contributed by atoms with E-state index < -0.39 is 9.92 Å². The number of fused-ring (bicyclic) bond motifs is 2. The molecule has 2 aliphatic rings. The molecule has 9 heteroatoms. The Morgan fingerprint density at radius 2 is 1.51 bits per heavy atom. The number of nitrogens with zero attached hydrogens (tertiary/aromatic N) is 5. The molecule has 0 radical (unpaired) electrons. The molecule has 0 N–H and O–H groups in total. The van der Waals surface area contributed by atoms with E-state index in [4.69, 9.17) is 10.2 Å². The maximum atomic E-state index is 12.8. The topological polar surface area (TPSA) is 91.4 Å². The predicted molar refractivity (Wildman–Crippen MR) is 164 cm³/mol. The number of thioether (sulfide) groups is 1. The second-order valence-corrected chi connectivity index (χ2v) is 11.3. The van der Waals surface area contributed by atoms with Gasteiger partial charge < -0.3 is 0 Å². The number of carbonyl (C=O) groups is 1. The van der Waals surface area contributed by atoms with Crippen molar-refractivity contribution in [2.45, 2.75) is 31.7 Å². The van der Waals surface area contributed by atoms with Crippen LogP contribution < -0.4 is 10.0 Å². The lowest BCUT2D eigenvalue weighted by Gasteiger charge is -2.46. The number of anilines is 2. The highest BCUT2D eigenvalue weighted by atomic mass is 32.2. The van der Waals surface area contributed by atoms with E-state index in [9.17, 15) is 14.9 Å². The third kappa shape index (κ3) is 4.38. The van der Waals surface area contributed by atoms with Crippen LogP contribution in [0.1, 0.15) is 48.9 Å². The van der Waals surface area contributed by atoms with Gasteiger partial charge in [0.25, 0.3) is 5.69 Å². The Bertz CT molecular complexity index is 1720. The van der Waals surface area contributed by atoms with Gasteiger partial charge in [-0.1, -0.05) is 92.7 Å². The summed E-state index contributed by atoms with van der Waals surface area (Å²) < 4.78 is 0. The van der Waals surface area contributed by atoms with Crippen molar-refractivity contribution in [1.29, 1.82) is 0 Å². The molecule has 8 nitrogen and oxygen atoms in total. The van der Waals surface area contributed by atoms with Crippen LogP contribution in [0.15, 0.2) is 113 Å². The summed E-state index contributed by atoms with van der Waals surface area (Å²) in [6.45, 7) is 5.77. The zero-order valence-corrected chi connectivity index (χ0v) is 23.6. The van der Waals surface area contributed by atoms with E-state index in [-0.39, 0.29) is 22.2 Å². The van der Waals surface area contributed by atoms with Gasteiger partial charge in [0.2, 0.25) is 4.99 Å². The number of nitro groups is 1. The molecule has 0 fully saturated rings. The molecule has 0 unspecified atom stereocenters. The number of carbonyl (C=O) groups excluding carboxylic acids is 1. The summed E-state index contributed by atoms with van der Waals surface area (Å²) >= 11 is 1.24. The number of hydrogen-bond donors (Lipinski definition) is 0. The van der Waals surface area contributed by atoms with Crippen molar-refractivity contribution < 1.29 is 9.72 Å². The number of rotatable bonds is 6. The van der Waals surface area contributed by atoms with Gasteiger partial charge in [-0.3, -0.25) is 14.9 Å². The van der Waals surface area contributed by atoms with Crippen LogP contribution in [0.2, 0.25) is 0 Å². The quantitative estimate of drug-likeness (QED) is 0.182. The van der Waals surface area contributed by atoms with E-state index in [0.717, 1.165) is 28.1 Å². The fourth-order valence-electron chi connectivity index (χ4n) is 5.17. The Morgan fingerprint density at radius 1 is 0.854 bits per heavy atom. The lowest BCUT2D eigenvalue weighted by Crippen LogP contribution is -2.54. The minimum absolute atomic E-state index is 0.120. The highest BCUT2D eigenvalue weighted by molar-refractivity contribution is 8.17. The van der Waals surface area contributed by atoms with Crippen LogP contribution in [-0.2, 0) is 9.79 Å². The van der Waals surface area contributed by atoms with E-state index >= 15 is 0 Å². The number of para-hydroxylation sites is 3. The fraction of sp³-hybridized carbons (Fsp3) is 0.156. The molecule has 2 heterocycles. The van der Waals surface area contributed by atoms with Gasteiger partial charge in [0.1, 0.15) is 5.69 Å². The standard InChI is InChI=1S/C32H27N5O3S/c1-21(2)23-17-19-24(20-18-23)30-26-13-7-8-14-27(26)32(35(33-30)25-11-5-4-6-12-25)36(34-31(41-32)22(3)38)28-15-9-10-16-29(28)37(39)40/h4-21H,1-3H3/t32-/m1/s1. The lowest BCUT2D eigenvalue weighted by atomic mass is 9.92. The first-order valence-corrected chi connectivity index (χ1v) is 14.1. The van der Waals surface area contributed by atoms with E-state index in [2.05, 4.69) is 38.1 Å². The van der Waals surface area contributed by atoms with Gasteiger partial charge in [0, 0.05) is 29.7 Å². The van der Waals surface area contributed by atoms with Crippen LogP contribution >= 0.6 is 11.8 Å². The minimum Gasteiger partial charge on any atom is -0.292 e. The average molecular weight is 562 g/mol. The Balaban J connectivity index is 1.66. The number of Topliss-reactive ketones (excluding diaryl/α,β-unsaturated/α-hetero) is 1. The summed E-state index contributed by atoms with van der Waals surface area (Å²) in [5.41, 5.74) is 5.47. The van der Waals surface area contributed by atoms with Crippen LogP contribution in [0.3, 0.4) is 0 Å². The number of hydrogen-bond acceptors (Lipinski definition) is 8. The second-order valence-electron chi connectivity index (χ2n) is 10.1. The fourth-order valence-corrected chi connectivity index (χ4v) is 6.45. The molecule has 0 amide bonds. The average Bonchev–Trinajstić information content (AvgIpc) is 3.39. The molecule has 0 saturated carbocycles. The summed E-state index contributed by atoms with van der Waals surface area (Å²) in [5, 5.41) is 25.8. The smallest absolute Gasteiger partial charge is 0.292 e. The first kappa shape index (κ1) is 26.5. The first-order chi connectivity index (χ1) is 19.8. The molecule has 0 saturated heterocycles. The van der Waals surface area contributed by atoms with Gasteiger partial charge in [-0.2, -0.15) is 10.2 Å². The Kier molecular flexibility index (Phi) is 6.67. The molecule has 1 atom stereocenters. The summed E-state index contributed by atoms with van der Waals surface area (Å²) in [6.07, 6.45) is 0. The van der Waals surface area contributed by atoms with Crippen molar-refractivity contribution in [1.82, 2.24) is 0 Å². The van der Waals surface area contributed by atoms with Crippen LogP contribution in [0.25, 0.3) is 0 Å². The maximum absolute atomic E-state index is 12.8. The Morgan fingerprint density at radius 3 is 2.20 bits per heavy atom. The van der Waals surface area contributed by atoms with Gasteiger partial charge in [0.15, 0.2) is 10.8 Å². The number of benzene rings is 4. The molecule has 2 aliphatic heterocycles. The SMILES string of the molecule is CC(=O)C1=NN(c2ccccc2[N+](=O)[O-])[C@@]2(S1)c1ccccc1C(c1ccc(C(C)C)cc1)=NN2c1ccccc1. The summed E-state index contributed by atoms with van der Waals surface area (Å²) in [5.74, 6) is 0.154. The Labute approximate surface area is 242 Å². The van der Waals surface area contributed by atoms with Crippen molar-refractivity contribution in [3.63, 3.8) is 0 Å². The van der Waals surface area contributed by atoms with Crippen molar-refractivity contribution in [3.05, 3.63) is 135 Å². The van der Waals surface area contributed by atoms with Crippen molar-refractivity contribution in [2.24, 2.45) is 10.2 Å². The summed E-state index contributed by atoms with van der Waals surface area (Å²) in [4.78, 5) is 23.3. The highest BCUT2D eigenvalue weighted by Gasteiger charge is 2.56. The van der Waals surface area contributed by atoms with Crippen LogP contribution in [-0.4, -0.2) is 21.5 Å². The normalized spacial score (nSPS) is 17.9. The predicted octanol–water partition coefficient (Wildman–Crippen LogP) is 7.26. The van der Waals surface area contributed by atoms with E-state index in [1.807, 2.05) is 59.6 Å². The van der Waals surface area contributed by atoms with Crippen molar-refractivity contribution in [3.8, 4) is 0 Å². The number of ketones is 1. The lowest BCUT2D eigenvalue weighted by molar-refractivity contribution is -0.384. The highest BCUT2D eigenvalue weighted by Crippen LogP contribution is 2.56. The summed E-state index contributed by atoms with van der Waals surface area (Å²) in [7, 11) is 0. The van der Waals surface area contributed by atoms with Gasteiger partial charge in [-0.05, 0) is 41.4 Å². The zero-order valence-electron chi connectivity index (χ0n) is 22.8. The monoisotopic (exact) mass is 561 g/mol. The number of nitro benzene ring substituents is 1. The molecular formula is C32H27N5O3S. The molecule has 0 aliphatic carbocycles. The van der Waals surface area contributed by atoms with E-state index in [1.54, 1.807) is 23.2 Å². The summed E-state index contributed by atoms with van der Waals surface area (Å²) in [6, 6.07) is 32.3. The van der Waals surface area contributed by atoms with E-state index in [0.29, 0.717) is 5.92 Å². The first-order valence-electron chi connectivity index (χ1n) is 13.3. The molecule has 6 rings (SSSR count). The third-order valence-corrected chi connectivity index (χ3v) is 8.61. The maximum Gasteiger partial charge on any atom is 0.294 e. The van der Waals surface area contributed by atoms with Crippen molar-refractivity contribution >= 4 is 45.4 Å². The largest absolute Gasteiger partial charge is 0.294 e.